The first-order valence-electron chi connectivity index (χ1n) is 5.50. The van der Waals surface area contributed by atoms with Crippen LogP contribution in [0.25, 0.3) is 10.9 Å². The minimum absolute atomic E-state index is 0.103. The van der Waals surface area contributed by atoms with Crippen molar-refractivity contribution >= 4 is 10.9 Å². The molecule has 1 heterocycles. The number of hydrogen-bond donors (Lipinski definition) is 0. The number of nitrogens with zero attached hydrogens (tertiary/aromatic N) is 2. The Hall–Kier alpha value is -1.31. The molecule has 80 valence electrons. The van der Waals surface area contributed by atoms with E-state index in [0.717, 1.165) is 11.9 Å². The van der Waals surface area contributed by atoms with Crippen molar-refractivity contribution < 1.29 is 0 Å². The number of rotatable bonds is 2. The van der Waals surface area contributed by atoms with Gasteiger partial charge in [-0.2, -0.15) is 5.10 Å². The SMILES string of the molecule is CCC(C)(C)n1cc2cccc(C)c2n1. The van der Waals surface area contributed by atoms with Gasteiger partial charge >= 0.3 is 0 Å². The van der Waals surface area contributed by atoms with Crippen LogP contribution < -0.4 is 0 Å². The van der Waals surface area contributed by atoms with Crippen LogP contribution >= 0.6 is 0 Å². The molecule has 0 unspecified atom stereocenters. The largest absolute Gasteiger partial charge is 0.266 e. The number of aromatic nitrogens is 2. The Bertz CT molecular complexity index is 480. The highest BCUT2D eigenvalue weighted by Gasteiger charge is 2.19. The van der Waals surface area contributed by atoms with Crippen molar-refractivity contribution in [2.24, 2.45) is 0 Å². The van der Waals surface area contributed by atoms with Gasteiger partial charge in [-0.25, -0.2) is 0 Å². The molecule has 2 heteroatoms. The third kappa shape index (κ3) is 1.65. The van der Waals surface area contributed by atoms with Crippen LogP contribution in [0.4, 0.5) is 0 Å². The summed E-state index contributed by atoms with van der Waals surface area (Å²) in [5.41, 5.74) is 2.48. The van der Waals surface area contributed by atoms with Gasteiger partial charge in [-0.3, -0.25) is 4.68 Å². The van der Waals surface area contributed by atoms with Crippen molar-refractivity contribution in [1.29, 1.82) is 0 Å². The maximum Gasteiger partial charge on any atom is 0.0952 e. The fourth-order valence-corrected chi connectivity index (χ4v) is 1.66. The van der Waals surface area contributed by atoms with E-state index in [1.807, 2.05) is 0 Å². The predicted molar refractivity (Wildman–Crippen MR) is 64.1 cm³/mol. The van der Waals surface area contributed by atoms with Gasteiger partial charge < -0.3 is 0 Å². The average Bonchev–Trinajstić information content (AvgIpc) is 2.64. The minimum atomic E-state index is 0.103. The lowest BCUT2D eigenvalue weighted by Gasteiger charge is -2.23. The van der Waals surface area contributed by atoms with Crippen LogP contribution in [0.1, 0.15) is 32.8 Å². The standard InChI is InChI=1S/C13H18N2/c1-5-13(3,4)15-9-11-8-6-7-10(2)12(11)14-15/h6-9H,5H2,1-4H3. The Labute approximate surface area is 90.9 Å². The normalized spacial score (nSPS) is 12.3. The summed E-state index contributed by atoms with van der Waals surface area (Å²) in [6.45, 7) is 8.74. The molecule has 1 aromatic heterocycles. The summed E-state index contributed by atoms with van der Waals surface area (Å²) in [6, 6.07) is 6.32. The molecule has 0 aliphatic heterocycles. The first kappa shape index (κ1) is 10.2. The van der Waals surface area contributed by atoms with Gasteiger partial charge in [0.15, 0.2) is 0 Å². The maximum absolute atomic E-state index is 4.67. The third-order valence-corrected chi connectivity index (χ3v) is 3.22. The van der Waals surface area contributed by atoms with Crippen LogP contribution in [0.5, 0.6) is 0 Å². The highest BCUT2D eigenvalue weighted by molar-refractivity contribution is 5.81. The van der Waals surface area contributed by atoms with E-state index in [1.54, 1.807) is 0 Å². The summed E-state index contributed by atoms with van der Waals surface area (Å²) in [4.78, 5) is 0. The first-order valence-corrected chi connectivity index (χ1v) is 5.50. The second kappa shape index (κ2) is 3.37. The number of fused-ring (bicyclic) bond motifs is 1. The molecule has 0 aliphatic carbocycles. The number of aryl methyl sites for hydroxylation is 1. The number of benzene rings is 1. The number of hydrogen-bond acceptors (Lipinski definition) is 1. The molecule has 0 atom stereocenters. The van der Waals surface area contributed by atoms with E-state index in [2.05, 4.69) is 61.9 Å². The highest BCUT2D eigenvalue weighted by Crippen LogP contribution is 2.23. The van der Waals surface area contributed by atoms with Crippen molar-refractivity contribution in [3.05, 3.63) is 30.0 Å². The Kier molecular flexibility index (Phi) is 2.29. The van der Waals surface area contributed by atoms with Gasteiger partial charge in [-0.05, 0) is 32.8 Å². The topological polar surface area (TPSA) is 17.8 Å². The van der Waals surface area contributed by atoms with Gasteiger partial charge in [0, 0.05) is 11.6 Å². The molecular weight excluding hydrogens is 184 g/mol. The van der Waals surface area contributed by atoms with Gasteiger partial charge in [-0.15, -0.1) is 0 Å². The summed E-state index contributed by atoms with van der Waals surface area (Å²) in [5.74, 6) is 0. The zero-order valence-corrected chi connectivity index (χ0v) is 9.91. The van der Waals surface area contributed by atoms with Crippen molar-refractivity contribution in [2.75, 3.05) is 0 Å². The van der Waals surface area contributed by atoms with Crippen molar-refractivity contribution in [3.63, 3.8) is 0 Å². The van der Waals surface area contributed by atoms with E-state index in [1.165, 1.54) is 10.9 Å². The van der Waals surface area contributed by atoms with Crippen molar-refractivity contribution in [3.8, 4) is 0 Å². The van der Waals surface area contributed by atoms with Crippen LogP contribution in [0.15, 0.2) is 24.4 Å². The monoisotopic (exact) mass is 202 g/mol. The minimum Gasteiger partial charge on any atom is -0.266 e. The van der Waals surface area contributed by atoms with Crippen molar-refractivity contribution in [2.45, 2.75) is 39.7 Å². The molecule has 0 spiro atoms. The molecule has 0 saturated heterocycles. The molecule has 0 N–H and O–H groups in total. The van der Waals surface area contributed by atoms with Gasteiger partial charge in [-0.1, -0.05) is 25.1 Å². The Morgan fingerprint density at radius 2 is 2.07 bits per heavy atom. The highest BCUT2D eigenvalue weighted by atomic mass is 15.3. The van der Waals surface area contributed by atoms with E-state index in [9.17, 15) is 0 Å². The maximum atomic E-state index is 4.67. The molecular formula is C13H18N2. The van der Waals surface area contributed by atoms with Gasteiger partial charge in [0.25, 0.3) is 0 Å². The lowest BCUT2D eigenvalue weighted by Crippen LogP contribution is -2.25. The van der Waals surface area contributed by atoms with Gasteiger partial charge in [0.2, 0.25) is 0 Å². The van der Waals surface area contributed by atoms with Crippen LogP contribution in [-0.4, -0.2) is 9.78 Å². The summed E-state index contributed by atoms with van der Waals surface area (Å²) in [6.07, 6.45) is 3.23. The second-order valence-electron chi connectivity index (χ2n) is 4.75. The van der Waals surface area contributed by atoms with E-state index in [-0.39, 0.29) is 5.54 Å². The van der Waals surface area contributed by atoms with Gasteiger partial charge in [0.05, 0.1) is 11.1 Å². The molecule has 0 amide bonds. The van der Waals surface area contributed by atoms with Crippen molar-refractivity contribution in [1.82, 2.24) is 9.78 Å². The molecule has 0 radical (unpaired) electrons. The summed E-state index contributed by atoms with van der Waals surface area (Å²) < 4.78 is 2.09. The zero-order chi connectivity index (χ0) is 11.1. The molecule has 2 rings (SSSR count). The summed E-state index contributed by atoms with van der Waals surface area (Å²) in [5, 5.41) is 5.90. The zero-order valence-electron chi connectivity index (χ0n) is 9.91. The Morgan fingerprint density at radius 1 is 1.33 bits per heavy atom. The van der Waals surface area contributed by atoms with E-state index >= 15 is 0 Å². The average molecular weight is 202 g/mol. The van der Waals surface area contributed by atoms with E-state index in [4.69, 9.17) is 0 Å². The molecule has 0 fully saturated rings. The quantitative estimate of drug-likeness (QED) is 0.729. The second-order valence-corrected chi connectivity index (χ2v) is 4.75. The van der Waals surface area contributed by atoms with Crippen LogP contribution in [0, 0.1) is 6.92 Å². The predicted octanol–water partition coefficient (Wildman–Crippen LogP) is 3.49. The fourth-order valence-electron chi connectivity index (χ4n) is 1.66. The molecule has 0 saturated carbocycles. The first-order chi connectivity index (χ1) is 7.04. The van der Waals surface area contributed by atoms with E-state index in [0.29, 0.717) is 0 Å². The van der Waals surface area contributed by atoms with Crippen LogP contribution in [0.2, 0.25) is 0 Å². The molecule has 1 aromatic carbocycles. The van der Waals surface area contributed by atoms with Gasteiger partial charge in [0.1, 0.15) is 0 Å². The lowest BCUT2D eigenvalue weighted by atomic mass is 10.0. The molecule has 0 aliphatic rings. The summed E-state index contributed by atoms with van der Waals surface area (Å²) >= 11 is 0. The molecule has 2 aromatic rings. The molecule has 0 bridgehead atoms. The molecule has 2 nitrogen and oxygen atoms in total. The molecule has 15 heavy (non-hydrogen) atoms. The van der Waals surface area contributed by atoms with Crippen LogP contribution in [0.3, 0.4) is 0 Å². The third-order valence-electron chi connectivity index (χ3n) is 3.22. The lowest BCUT2D eigenvalue weighted by molar-refractivity contribution is 0.310. The smallest absolute Gasteiger partial charge is 0.0952 e. The van der Waals surface area contributed by atoms with Crippen LogP contribution in [-0.2, 0) is 5.54 Å². The van der Waals surface area contributed by atoms with E-state index < -0.39 is 0 Å². The Morgan fingerprint density at radius 3 is 2.67 bits per heavy atom. The Balaban J connectivity index is 2.62. The summed E-state index contributed by atoms with van der Waals surface area (Å²) in [7, 11) is 0. The fraction of sp³-hybridized carbons (Fsp3) is 0.462.